The number of aliphatic hydroxyl groups excluding tert-OH is 1. The van der Waals surface area contributed by atoms with Gasteiger partial charge in [0.05, 0.1) is 6.10 Å². The van der Waals surface area contributed by atoms with Crippen molar-refractivity contribution in [3.8, 4) is 0 Å². The fourth-order valence-corrected chi connectivity index (χ4v) is 1.33. The van der Waals surface area contributed by atoms with E-state index in [2.05, 4.69) is 0 Å². The summed E-state index contributed by atoms with van der Waals surface area (Å²) in [4.78, 5) is 0. The molecule has 0 aromatic rings. The van der Waals surface area contributed by atoms with Crippen LogP contribution < -0.4 is 0 Å². The smallest absolute Gasteiger partial charge is 0.267 e. The molecule has 0 fully saturated rings. The summed E-state index contributed by atoms with van der Waals surface area (Å²) in [5.74, 6) is -0.893. The highest BCUT2D eigenvalue weighted by Gasteiger charge is 2.11. The molecule has 0 aromatic carbocycles. The van der Waals surface area contributed by atoms with Crippen molar-refractivity contribution in [1.82, 2.24) is 0 Å². The van der Waals surface area contributed by atoms with Gasteiger partial charge in [-0.25, -0.2) is 0 Å². The number of alkyl halides is 1. The van der Waals surface area contributed by atoms with Gasteiger partial charge in [0.2, 0.25) is 0 Å². The van der Waals surface area contributed by atoms with Gasteiger partial charge in [-0.15, -0.1) is 11.6 Å². The molecule has 7 heteroatoms. The molecule has 0 saturated heterocycles. The van der Waals surface area contributed by atoms with Crippen LogP contribution in [0.4, 0.5) is 0 Å². The van der Waals surface area contributed by atoms with Crippen molar-refractivity contribution >= 4 is 21.7 Å². The van der Waals surface area contributed by atoms with Crippen molar-refractivity contribution in [2.75, 3.05) is 24.8 Å². The second-order valence-corrected chi connectivity index (χ2v) is 4.14. The molecule has 0 heterocycles. The Morgan fingerprint density at radius 3 is 1.86 bits per heavy atom. The lowest BCUT2D eigenvalue weighted by Gasteiger charge is -2.00. The summed E-state index contributed by atoms with van der Waals surface area (Å²) < 4.78 is 32.8. The van der Waals surface area contributed by atoms with Crippen LogP contribution in [0.5, 0.6) is 0 Å². The molecule has 0 amide bonds. The number of hydrogen-bond donors (Lipinski definition) is 2. The van der Waals surface area contributed by atoms with Crippen LogP contribution in [0.15, 0.2) is 0 Å². The Morgan fingerprint density at radius 1 is 1.36 bits per heavy atom. The summed E-state index contributed by atoms with van der Waals surface area (Å²) in [7, 11) is -4.07. The largest absolute Gasteiger partial charge is 0.391 e. The molecule has 14 heavy (non-hydrogen) atoms. The molecule has 1 unspecified atom stereocenters. The maximum Gasteiger partial charge on any atom is 0.267 e. The van der Waals surface area contributed by atoms with Crippen LogP contribution in [0, 0.1) is 0 Å². The predicted molar refractivity (Wildman–Crippen MR) is 55.3 cm³/mol. The first-order valence-electron chi connectivity index (χ1n) is 4.14. The molecule has 2 N–H and O–H groups in total. The minimum Gasteiger partial charge on any atom is -0.391 e. The molecule has 0 bridgehead atoms. The predicted octanol–water partition coefficient (Wildman–Crippen LogP) is 0.517. The number of ether oxygens (including phenoxy) is 1. The Morgan fingerprint density at radius 2 is 1.79 bits per heavy atom. The second-order valence-electron chi connectivity index (χ2n) is 2.34. The molecule has 0 rings (SSSR count). The van der Waals surface area contributed by atoms with E-state index < -0.39 is 22.0 Å². The Labute approximate surface area is 89.8 Å². The van der Waals surface area contributed by atoms with E-state index >= 15 is 0 Å². The van der Waals surface area contributed by atoms with Crippen molar-refractivity contribution < 1.29 is 22.8 Å². The van der Waals surface area contributed by atoms with Crippen molar-refractivity contribution in [1.29, 1.82) is 0 Å². The zero-order chi connectivity index (χ0) is 11.6. The second kappa shape index (κ2) is 9.67. The van der Waals surface area contributed by atoms with Gasteiger partial charge in [0.1, 0.15) is 5.75 Å². The summed E-state index contributed by atoms with van der Waals surface area (Å²) in [6.45, 7) is 5.67. The van der Waals surface area contributed by atoms with Crippen molar-refractivity contribution in [2.45, 2.75) is 20.0 Å². The van der Waals surface area contributed by atoms with Crippen molar-refractivity contribution in [3.63, 3.8) is 0 Å². The van der Waals surface area contributed by atoms with E-state index in [1.807, 2.05) is 13.8 Å². The van der Waals surface area contributed by atoms with E-state index in [4.69, 9.17) is 26.0 Å². The van der Waals surface area contributed by atoms with Crippen LogP contribution >= 0.6 is 11.6 Å². The lowest BCUT2D eigenvalue weighted by molar-refractivity contribution is 0.162. The van der Waals surface area contributed by atoms with E-state index in [1.165, 1.54) is 0 Å². The first-order valence-corrected chi connectivity index (χ1v) is 6.28. The van der Waals surface area contributed by atoms with Crippen molar-refractivity contribution in [2.24, 2.45) is 0 Å². The SMILES string of the molecule is CCOCC.O=S(=O)(O)CC(O)CCl. The van der Waals surface area contributed by atoms with Crippen LogP contribution in [-0.4, -0.2) is 49.0 Å². The van der Waals surface area contributed by atoms with Crippen LogP contribution in [0.2, 0.25) is 0 Å². The Bertz CT molecular complexity index is 202. The molecular weight excluding hydrogens is 232 g/mol. The van der Waals surface area contributed by atoms with Crippen molar-refractivity contribution in [3.05, 3.63) is 0 Å². The average molecular weight is 249 g/mol. The molecule has 0 aromatic heterocycles. The van der Waals surface area contributed by atoms with Crippen LogP contribution in [0.25, 0.3) is 0 Å². The normalized spacial score (nSPS) is 12.9. The average Bonchev–Trinajstić information content (AvgIpc) is 2.04. The van der Waals surface area contributed by atoms with Gasteiger partial charge >= 0.3 is 0 Å². The molecule has 0 aliphatic heterocycles. The third kappa shape index (κ3) is 18.0. The van der Waals surface area contributed by atoms with Gasteiger partial charge in [0.25, 0.3) is 10.1 Å². The van der Waals surface area contributed by atoms with Gasteiger partial charge in [-0.3, -0.25) is 4.55 Å². The quantitative estimate of drug-likeness (QED) is 0.547. The molecule has 0 aliphatic rings. The Balaban J connectivity index is 0. The van der Waals surface area contributed by atoms with Gasteiger partial charge in [-0.05, 0) is 13.8 Å². The zero-order valence-electron chi connectivity index (χ0n) is 8.31. The highest BCUT2D eigenvalue weighted by Crippen LogP contribution is 1.91. The zero-order valence-corrected chi connectivity index (χ0v) is 9.88. The third-order valence-electron chi connectivity index (χ3n) is 0.989. The number of halogens is 1. The molecule has 0 aliphatic carbocycles. The van der Waals surface area contributed by atoms with Gasteiger partial charge < -0.3 is 9.84 Å². The fourth-order valence-electron chi connectivity index (χ4n) is 0.492. The van der Waals surface area contributed by atoms with Gasteiger partial charge in [0.15, 0.2) is 0 Å². The minimum atomic E-state index is -4.07. The summed E-state index contributed by atoms with van der Waals surface area (Å²) >= 11 is 5.03. The maximum atomic E-state index is 9.94. The lowest BCUT2D eigenvalue weighted by atomic mass is 10.5. The van der Waals surface area contributed by atoms with E-state index in [9.17, 15) is 8.42 Å². The highest BCUT2D eigenvalue weighted by atomic mass is 35.5. The summed E-state index contributed by atoms with van der Waals surface area (Å²) in [5.41, 5.74) is 0. The van der Waals surface area contributed by atoms with E-state index in [1.54, 1.807) is 0 Å². The highest BCUT2D eigenvalue weighted by molar-refractivity contribution is 7.85. The fraction of sp³-hybridized carbons (Fsp3) is 1.00. The topological polar surface area (TPSA) is 83.8 Å². The van der Waals surface area contributed by atoms with Gasteiger partial charge in [0, 0.05) is 19.1 Å². The van der Waals surface area contributed by atoms with E-state index in [0.717, 1.165) is 13.2 Å². The summed E-state index contributed by atoms with van der Waals surface area (Å²) in [5, 5.41) is 8.52. The monoisotopic (exact) mass is 248 g/mol. The van der Waals surface area contributed by atoms with Crippen LogP contribution in [-0.2, 0) is 14.9 Å². The molecule has 5 nitrogen and oxygen atoms in total. The van der Waals surface area contributed by atoms with E-state index in [-0.39, 0.29) is 5.88 Å². The Kier molecular flexibility index (Phi) is 11.4. The Hall–Kier alpha value is 0.120. The number of aliphatic hydroxyl groups is 1. The maximum absolute atomic E-state index is 9.94. The van der Waals surface area contributed by atoms with E-state index in [0.29, 0.717) is 0 Å². The molecule has 1 atom stereocenters. The first-order chi connectivity index (χ1) is 6.37. The molecule has 0 spiro atoms. The summed E-state index contributed by atoms with van der Waals surface area (Å²) in [6, 6.07) is 0. The number of rotatable bonds is 5. The third-order valence-corrected chi connectivity index (χ3v) is 2.15. The minimum absolute atomic E-state index is 0.195. The molecule has 88 valence electrons. The van der Waals surface area contributed by atoms with Gasteiger partial charge in [-0.2, -0.15) is 8.42 Å². The molecule has 0 saturated carbocycles. The standard InChI is InChI=1S/C4H10O.C3H7ClO4S/c1-3-5-4-2;4-1-3(5)2-9(6,7)8/h3-4H2,1-2H3;3,5H,1-2H2,(H,6,7,8). The number of hydrogen-bond acceptors (Lipinski definition) is 4. The summed E-state index contributed by atoms with van der Waals surface area (Å²) in [6.07, 6.45) is -1.18. The lowest BCUT2D eigenvalue weighted by Crippen LogP contribution is -2.21. The first kappa shape index (κ1) is 16.5. The van der Waals surface area contributed by atoms with Crippen LogP contribution in [0.3, 0.4) is 0 Å². The molecule has 0 radical (unpaired) electrons. The van der Waals surface area contributed by atoms with Crippen LogP contribution in [0.1, 0.15) is 13.8 Å². The van der Waals surface area contributed by atoms with Gasteiger partial charge in [-0.1, -0.05) is 0 Å². The molecular formula is C7H17ClO5S.